The van der Waals surface area contributed by atoms with E-state index in [1.807, 2.05) is 0 Å². The molecular weight excluding hydrogens is 482 g/mol. The molecule has 6 aromatic rings. The molecule has 0 atom stereocenters. The fourth-order valence-electron chi connectivity index (χ4n) is 6.19. The summed E-state index contributed by atoms with van der Waals surface area (Å²) in [4.78, 5) is 2.40. The van der Waals surface area contributed by atoms with Gasteiger partial charge in [-0.2, -0.15) is 0 Å². The van der Waals surface area contributed by atoms with E-state index in [-0.39, 0.29) is 5.41 Å². The van der Waals surface area contributed by atoms with Crippen LogP contribution in [0.4, 0.5) is 17.1 Å². The van der Waals surface area contributed by atoms with E-state index >= 15 is 0 Å². The van der Waals surface area contributed by atoms with Crippen molar-refractivity contribution in [2.24, 2.45) is 0 Å². The average molecular weight is 514 g/mol. The highest BCUT2D eigenvalue weighted by Crippen LogP contribution is 2.54. The quantitative estimate of drug-likeness (QED) is 0.222. The lowest BCUT2D eigenvalue weighted by molar-refractivity contribution is 0.660. The van der Waals surface area contributed by atoms with Gasteiger partial charge in [-0.25, -0.2) is 0 Å². The van der Waals surface area contributed by atoms with Crippen LogP contribution in [0.2, 0.25) is 0 Å². The molecule has 0 saturated carbocycles. The molecule has 40 heavy (non-hydrogen) atoms. The molecule has 0 fully saturated rings. The summed E-state index contributed by atoms with van der Waals surface area (Å²) in [5, 5.41) is 0. The third-order valence-electron chi connectivity index (χ3n) is 8.25. The molecule has 1 aliphatic rings. The van der Waals surface area contributed by atoms with E-state index in [1.165, 1.54) is 50.2 Å². The Kier molecular flexibility index (Phi) is 5.86. The first-order chi connectivity index (χ1) is 19.6. The maximum absolute atomic E-state index is 2.44. The van der Waals surface area contributed by atoms with Crippen LogP contribution < -0.4 is 4.90 Å². The van der Waals surface area contributed by atoms with Crippen LogP contribution in [0.15, 0.2) is 152 Å². The minimum atomic E-state index is -0.140. The van der Waals surface area contributed by atoms with E-state index in [2.05, 4.69) is 170 Å². The summed E-state index contributed by atoms with van der Waals surface area (Å²) in [6.45, 7) is 4.74. The molecule has 0 N–H and O–H groups in total. The summed E-state index contributed by atoms with van der Waals surface area (Å²) in [6, 6.07) is 54.8. The molecule has 0 spiro atoms. The standard InChI is InChI=1S/C39H31N/c1-39(2)36-25-30(28-15-7-3-8-16-28)23-24-33(36)35-26-34(29-17-9-4-10-18-29)38(27-37(35)39)40(31-19-11-5-12-20-31)32-21-13-6-14-22-32/h3-27H,1-2H3. The van der Waals surface area contributed by atoms with Crippen molar-refractivity contribution in [3.8, 4) is 33.4 Å². The third kappa shape index (κ3) is 4.03. The Morgan fingerprint density at radius 1 is 0.400 bits per heavy atom. The zero-order chi connectivity index (χ0) is 27.1. The molecule has 7 rings (SSSR count). The predicted octanol–water partition coefficient (Wildman–Crippen LogP) is 10.8. The molecule has 0 aliphatic heterocycles. The number of nitrogens with zero attached hydrogens (tertiary/aromatic N) is 1. The molecule has 1 aliphatic carbocycles. The largest absolute Gasteiger partial charge is 0.310 e. The highest BCUT2D eigenvalue weighted by Gasteiger charge is 2.37. The second-order valence-electron chi connectivity index (χ2n) is 11.0. The van der Waals surface area contributed by atoms with Crippen molar-refractivity contribution < 1.29 is 0 Å². The van der Waals surface area contributed by atoms with Crippen molar-refractivity contribution in [3.05, 3.63) is 163 Å². The molecule has 0 unspecified atom stereocenters. The van der Waals surface area contributed by atoms with Crippen LogP contribution in [0.1, 0.15) is 25.0 Å². The molecule has 192 valence electrons. The number of hydrogen-bond donors (Lipinski definition) is 0. The number of hydrogen-bond acceptors (Lipinski definition) is 1. The summed E-state index contributed by atoms with van der Waals surface area (Å²) in [6.07, 6.45) is 0. The van der Waals surface area contributed by atoms with Gasteiger partial charge in [0.15, 0.2) is 0 Å². The Balaban J connectivity index is 1.49. The lowest BCUT2D eigenvalue weighted by atomic mass is 9.81. The fraction of sp³-hybridized carbons (Fsp3) is 0.0769. The van der Waals surface area contributed by atoms with E-state index in [1.54, 1.807) is 0 Å². The smallest absolute Gasteiger partial charge is 0.0543 e. The maximum atomic E-state index is 2.44. The molecule has 0 radical (unpaired) electrons. The van der Waals surface area contributed by atoms with Crippen molar-refractivity contribution in [1.82, 2.24) is 0 Å². The van der Waals surface area contributed by atoms with Crippen molar-refractivity contribution in [3.63, 3.8) is 0 Å². The second kappa shape index (κ2) is 9.70. The van der Waals surface area contributed by atoms with Crippen molar-refractivity contribution in [2.45, 2.75) is 19.3 Å². The van der Waals surface area contributed by atoms with Crippen molar-refractivity contribution in [1.29, 1.82) is 0 Å². The SMILES string of the molecule is CC1(C)c2cc(-c3ccccc3)ccc2-c2cc(-c3ccccc3)c(N(c3ccccc3)c3ccccc3)cc21. The highest BCUT2D eigenvalue weighted by atomic mass is 15.1. The molecule has 6 aromatic carbocycles. The van der Waals surface area contributed by atoms with Crippen LogP contribution in [0, 0.1) is 0 Å². The average Bonchev–Trinajstić information content (AvgIpc) is 3.24. The first-order valence-electron chi connectivity index (χ1n) is 14.0. The highest BCUT2D eigenvalue weighted by molar-refractivity contribution is 5.95. The minimum Gasteiger partial charge on any atom is -0.310 e. The van der Waals surface area contributed by atoms with Crippen molar-refractivity contribution in [2.75, 3.05) is 4.90 Å². The van der Waals surface area contributed by atoms with Crippen LogP contribution in [-0.4, -0.2) is 0 Å². The number of benzene rings is 6. The maximum Gasteiger partial charge on any atom is 0.0543 e. The first kappa shape index (κ1) is 24.2. The molecule has 0 bridgehead atoms. The van der Waals surface area contributed by atoms with Crippen LogP contribution in [0.5, 0.6) is 0 Å². The van der Waals surface area contributed by atoms with Gasteiger partial charge in [0.2, 0.25) is 0 Å². The first-order valence-corrected chi connectivity index (χ1v) is 14.0. The zero-order valence-corrected chi connectivity index (χ0v) is 22.9. The Bertz CT molecular complexity index is 1750. The summed E-state index contributed by atoms with van der Waals surface area (Å²) in [5.41, 5.74) is 13.7. The zero-order valence-electron chi connectivity index (χ0n) is 22.9. The normalized spacial score (nSPS) is 12.9. The van der Waals surface area contributed by atoms with Crippen molar-refractivity contribution >= 4 is 17.1 Å². The monoisotopic (exact) mass is 513 g/mol. The Morgan fingerprint density at radius 2 is 0.900 bits per heavy atom. The molecule has 0 saturated heterocycles. The lowest BCUT2D eigenvalue weighted by Gasteiger charge is -2.30. The minimum absolute atomic E-state index is 0.140. The Labute approximate surface area is 237 Å². The van der Waals surface area contributed by atoms with E-state index < -0.39 is 0 Å². The van der Waals surface area contributed by atoms with Gasteiger partial charge >= 0.3 is 0 Å². The van der Waals surface area contributed by atoms with Gasteiger partial charge in [-0.15, -0.1) is 0 Å². The number of anilines is 3. The third-order valence-corrected chi connectivity index (χ3v) is 8.25. The lowest BCUT2D eigenvalue weighted by Crippen LogP contribution is -2.17. The molecule has 1 nitrogen and oxygen atoms in total. The molecular formula is C39H31N. The topological polar surface area (TPSA) is 3.24 Å². The molecule has 0 amide bonds. The molecule has 1 heteroatoms. The van der Waals surface area contributed by atoms with Crippen LogP contribution in [-0.2, 0) is 5.41 Å². The van der Waals surface area contributed by atoms with Gasteiger partial charge in [-0.05, 0) is 81.4 Å². The summed E-state index contributed by atoms with van der Waals surface area (Å²) < 4.78 is 0. The number of para-hydroxylation sites is 2. The summed E-state index contributed by atoms with van der Waals surface area (Å²) in [7, 11) is 0. The van der Waals surface area contributed by atoms with Gasteiger partial charge in [0.25, 0.3) is 0 Å². The van der Waals surface area contributed by atoms with E-state index in [4.69, 9.17) is 0 Å². The Morgan fingerprint density at radius 3 is 1.48 bits per heavy atom. The van der Waals surface area contributed by atoms with Gasteiger partial charge in [0.1, 0.15) is 0 Å². The van der Waals surface area contributed by atoms with E-state index in [9.17, 15) is 0 Å². The number of rotatable bonds is 5. The van der Waals surface area contributed by atoms with E-state index in [0.717, 1.165) is 11.4 Å². The number of fused-ring (bicyclic) bond motifs is 3. The molecule has 0 aromatic heterocycles. The van der Waals surface area contributed by atoms with Gasteiger partial charge in [0, 0.05) is 22.4 Å². The van der Waals surface area contributed by atoms with Gasteiger partial charge in [-0.1, -0.05) is 123 Å². The summed E-state index contributed by atoms with van der Waals surface area (Å²) in [5.74, 6) is 0. The second-order valence-corrected chi connectivity index (χ2v) is 11.0. The van der Waals surface area contributed by atoms with Crippen LogP contribution >= 0.6 is 0 Å². The summed E-state index contributed by atoms with van der Waals surface area (Å²) >= 11 is 0. The van der Waals surface area contributed by atoms with Gasteiger partial charge < -0.3 is 4.90 Å². The Hall–Kier alpha value is -4.88. The van der Waals surface area contributed by atoms with Gasteiger partial charge in [0.05, 0.1) is 5.69 Å². The van der Waals surface area contributed by atoms with Crippen LogP contribution in [0.25, 0.3) is 33.4 Å². The predicted molar refractivity (Wildman–Crippen MR) is 170 cm³/mol. The van der Waals surface area contributed by atoms with Gasteiger partial charge in [-0.3, -0.25) is 0 Å². The fourth-order valence-corrected chi connectivity index (χ4v) is 6.19. The molecule has 0 heterocycles. The van der Waals surface area contributed by atoms with Crippen LogP contribution in [0.3, 0.4) is 0 Å². The van der Waals surface area contributed by atoms with E-state index in [0.29, 0.717) is 0 Å².